The number of hydrogen-bond acceptors (Lipinski definition) is 2. The number of rotatable bonds is 0. The molecule has 0 amide bonds. The smallest absolute Gasteiger partial charge is 0.370 e. The predicted octanol–water partition coefficient (Wildman–Crippen LogP) is 3.10. The largest absolute Gasteiger partial charge is 0.410 e. The Balaban J connectivity index is 2.46. The molecule has 0 aromatic carbocycles. The molecule has 1 aromatic rings. The van der Waals surface area contributed by atoms with Gasteiger partial charge >= 0.3 is 6.18 Å². The molecule has 0 bridgehead atoms. The van der Waals surface area contributed by atoms with Gasteiger partial charge in [0.2, 0.25) is 0 Å². The number of halogens is 3. The van der Waals surface area contributed by atoms with Crippen molar-refractivity contribution in [3.8, 4) is 0 Å². The van der Waals surface area contributed by atoms with E-state index in [1.165, 1.54) is 6.20 Å². The van der Waals surface area contributed by atoms with Gasteiger partial charge in [0.15, 0.2) is 6.04 Å². The number of nitrogens with zero attached hydrogens (tertiary/aromatic N) is 2. The van der Waals surface area contributed by atoms with Crippen LogP contribution in [0.25, 0.3) is 0 Å². The zero-order chi connectivity index (χ0) is 12.8. The van der Waals surface area contributed by atoms with Gasteiger partial charge in [-0.1, -0.05) is 20.8 Å². The quantitative estimate of drug-likeness (QED) is 0.763. The van der Waals surface area contributed by atoms with Crippen LogP contribution < -0.4 is 5.32 Å². The lowest BCUT2D eigenvalue weighted by molar-refractivity contribution is -0.171. The number of nitrogens with one attached hydrogen (secondary N) is 1. The summed E-state index contributed by atoms with van der Waals surface area (Å²) in [5.41, 5.74) is 0.611. The van der Waals surface area contributed by atoms with Crippen LogP contribution in [-0.4, -0.2) is 22.5 Å². The van der Waals surface area contributed by atoms with Crippen LogP contribution in [0.4, 0.5) is 19.0 Å². The molecule has 1 aliphatic heterocycles. The summed E-state index contributed by atoms with van der Waals surface area (Å²) in [5, 5.41) is 6.93. The van der Waals surface area contributed by atoms with Crippen LogP contribution >= 0.6 is 0 Å². The minimum atomic E-state index is -4.24. The van der Waals surface area contributed by atoms with Crippen molar-refractivity contribution in [3.63, 3.8) is 0 Å². The highest BCUT2D eigenvalue weighted by Gasteiger charge is 2.44. The minimum Gasteiger partial charge on any atom is -0.370 e. The molecule has 1 N–H and O–H groups in total. The fourth-order valence-corrected chi connectivity index (χ4v) is 2.08. The third-order valence-electron chi connectivity index (χ3n) is 2.99. The molecule has 0 fully saturated rings. The van der Waals surface area contributed by atoms with Crippen molar-refractivity contribution in [2.45, 2.75) is 44.8 Å². The van der Waals surface area contributed by atoms with E-state index in [-0.39, 0.29) is 11.8 Å². The Morgan fingerprint density at radius 3 is 2.53 bits per heavy atom. The first-order valence-electron chi connectivity index (χ1n) is 5.60. The zero-order valence-corrected chi connectivity index (χ0v) is 10.1. The molecule has 1 atom stereocenters. The highest BCUT2D eigenvalue weighted by molar-refractivity contribution is 5.49. The molecule has 96 valence electrons. The van der Waals surface area contributed by atoms with Crippen LogP contribution in [0.1, 0.15) is 38.8 Å². The average Bonchev–Trinajstić information content (AvgIpc) is 2.57. The van der Waals surface area contributed by atoms with Gasteiger partial charge in [-0.05, 0) is 11.8 Å². The van der Waals surface area contributed by atoms with Crippen molar-refractivity contribution in [3.05, 3.63) is 11.8 Å². The summed E-state index contributed by atoms with van der Waals surface area (Å²) < 4.78 is 39.6. The van der Waals surface area contributed by atoms with Crippen molar-refractivity contribution < 1.29 is 13.2 Å². The molecule has 0 saturated carbocycles. The summed E-state index contributed by atoms with van der Waals surface area (Å²) in [4.78, 5) is 0. The van der Waals surface area contributed by atoms with Gasteiger partial charge in [-0.15, -0.1) is 0 Å². The summed E-state index contributed by atoms with van der Waals surface area (Å²) in [7, 11) is 0. The van der Waals surface area contributed by atoms with E-state index in [4.69, 9.17) is 0 Å². The molecule has 0 spiro atoms. The molecule has 0 radical (unpaired) electrons. The Morgan fingerprint density at radius 2 is 2.00 bits per heavy atom. The maximum Gasteiger partial charge on any atom is 0.410 e. The van der Waals surface area contributed by atoms with E-state index >= 15 is 0 Å². The second-order valence-corrected chi connectivity index (χ2v) is 5.37. The molecule has 1 unspecified atom stereocenters. The van der Waals surface area contributed by atoms with Crippen molar-refractivity contribution in [2.75, 3.05) is 11.9 Å². The van der Waals surface area contributed by atoms with E-state index in [9.17, 15) is 13.2 Å². The molecule has 6 heteroatoms. The third kappa shape index (κ3) is 2.12. The normalized spacial score (nSPS) is 20.9. The van der Waals surface area contributed by atoms with Crippen LogP contribution in [0.15, 0.2) is 6.20 Å². The summed E-state index contributed by atoms with van der Waals surface area (Å²) in [5.74, 6) is 0.506. The lowest BCUT2D eigenvalue weighted by Crippen LogP contribution is -2.34. The van der Waals surface area contributed by atoms with Gasteiger partial charge < -0.3 is 5.32 Å². The number of fused-ring (bicyclic) bond motifs is 1. The first kappa shape index (κ1) is 12.3. The first-order valence-corrected chi connectivity index (χ1v) is 5.60. The highest BCUT2D eigenvalue weighted by Crippen LogP contribution is 2.40. The summed E-state index contributed by atoms with van der Waals surface area (Å²) in [6.45, 7) is 6.22. The molecule has 1 aromatic heterocycles. The van der Waals surface area contributed by atoms with Crippen molar-refractivity contribution >= 4 is 5.82 Å². The van der Waals surface area contributed by atoms with Gasteiger partial charge in [0, 0.05) is 12.1 Å². The fraction of sp³-hybridized carbons (Fsp3) is 0.727. The van der Waals surface area contributed by atoms with Gasteiger partial charge in [-0.2, -0.15) is 18.3 Å². The minimum absolute atomic E-state index is 0.0295. The van der Waals surface area contributed by atoms with Crippen LogP contribution in [0.2, 0.25) is 0 Å². The zero-order valence-electron chi connectivity index (χ0n) is 10.1. The maximum absolute atomic E-state index is 12.8. The van der Waals surface area contributed by atoms with Gasteiger partial charge in [-0.3, -0.25) is 0 Å². The second kappa shape index (κ2) is 3.65. The second-order valence-electron chi connectivity index (χ2n) is 5.37. The van der Waals surface area contributed by atoms with Gasteiger partial charge in [-0.25, -0.2) is 4.68 Å². The van der Waals surface area contributed by atoms with E-state index in [0.717, 1.165) is 10.2 Å². The standard InChI is InChI=1S/C11H16F3N3/c1-10(2,3)7-6-16-17-8(11(12,13)14)4-5-15-9(7)17/h6,8,15H,4-5H2,1-3H3. The molecule has 17 heavy (non-hydrogen) atoms. The van der Waals surface area contributed by atoms with Gasteiger partial charge in [0.05, 0.1) is 6.20 Å². The maximum atomic E-state index is 12.8. The number of aromatic nitrogens is 2. The molecule has 2 rings (SSSR count). The average molecular weight is 247 g/mol. The Bertz CT molecular complexity index is 415. The molecule has 0 aliphatic carbocycles. The van der Waals surface area contributed by atoms with Crippen LogP contribution in [0, 0.1) is 0 Å². The Hall–Kier alpha value is -1.20. The number of anilines is 1. The van der Waals surface area contributed by atoms with Gasteiger partial charge in [0.25, 0.3) is 0 Å². The topological polar surface area (TPSA) is 29.9 Å². The molecular formula is C11H16F3N3. The Kier molecular flexibility index (Phi) is 2.63. The van der Waals surface area contributed by atoms with E-state index in [1.54, 1.807) is 0 Å². The summed E-state index contributed by atoms with van der Waals surface area (Å²) in [6, 6.07) is -1.50. The Morgan fingerprint density at radius 1 is 1.35 bits per heavy atom. The monoisotopic (exact) mass is 247 g/mol. The molecule has 3 nitrogen and oxygen atoms in total. The van der Waals surface area contributed by atoms with E-state index in [2.05, 4.69) is 10.4 Å². The third-order valence-corrected chi connectivity index (χ3v) is 2.99. The van der Waals surface area contributed by atoms with E-state index in [1.807, 2.05) is 20.8 Å². The van der Waals surface area contributed by atoms with E-state index in [0.29, 0.717) is 12.4 Å². The summed E-state index contributed by atoms with van der Waals surface area (Å²) >= 11 is 0. The van der Waals surface area contributed by atoms with Crippen molar-refractivity contribution in [1.29, 1.82) is 0 Å². The van der Waals surface area contributed by atoms with E-state index < -0.39 is 12.2 Å². The van der Waals surface area contributed by atoms with Gasteiger partial charge in [0.1, 0.15) is 5.82 Å². The lowest BCUT2D eigenvalue weighted by atomic mass is 9.88. The summed E-state index contributed by atoms with van der Waals surface area (Å²) in [6.07, 6.45) is -2.67. The molecule has 1 aliphatic rings. The SMILES string of the molecule is CC(C)(C)c1cnn2c1NCCC2C(F)(F)F. The first-order chi connectivity index (χ1) is 7.71. The fourth-order valence-electron chi connectivity index (χ4n) is 2.08. The van der Waals surface area contributed by atoms with Crippen LogP contribution in [0.5, 0.6) is 0 Å². The Labute approximate surface area is 98.0 Å². The highest BCUT2D eigenvalue weighted by atomic mass is 19.4. The molecular weight excluding hydrogens is 231 g/mol. The predicted molar refractivity (Wildman–Crippen MR) is 59.1 cm³/mol. The van der Waals surface area contributed by atoms with Crippen LogP contribution in [0.3, 0.4) is 0 Å². The number of hydrogen-bond donors (Lipinski definition) is 1. The van der Waals surface area contributed by atoms with Crippen molar-refractivity contribution in [1.82, 2.24) is 9.78 Å². The lowest BCUT2D eigenvalue weighted by Gasteiger charge is -2.29. The van der Waals surface area contributed by atoms with Crippen LogP contribution in [-0.2, 0) is 5.41 Å². The van der Waals surface area contributed by atoms with Crippen molar-refractivity contribution in [2.24, 2.45) is 0 Å². The molecule has 2 heterocycles. The number of alkyl halides is 3. The molecule has 0 saturated heterocycles.